The van der Waals surface area contributed by atoms with Crippen LogP contribution in [0.25, 0.3) is 11.0 Å². The summed E-state index contributed by atoms with van der Waals surface area (Å²) in [5.41, 5.74) is 6.53. The molecule has 0 fully saturated rings. The Morgan fingerprint density at radius 2 is 1.92 bits per heavy atom. The lowest BCUT2D eigenvalue weighted by Gasteiger charge is -2.26. The molecule has 0 aliphatic carbocycles. The quantitative estimate of drug-likeness (QED) is 0.275. The van der Waals surface area contributed by atoms with Crippen LogP contribution in [0, 0.1) is 13.8 Å². The van der Waals surface area contributed by atoms with Crippen molar-refractivity contribution >= 4 is 28.6 Å². The number of amides is 1. The van der Waals surface area contributed by atoms with Crippen molar-refractivity contribution in [3.05, 3.63) is 101 Å². The minimum atomic E-state index is -0.333. The average Bonchev–Trinajstić information content (AvgIpc) is 3.34. The van der Waals surface area contributed by atoms with Gasteiger partial charge >= 0.3 is 6.09 Å². The third kappa shape index (κ3) is 5.24. The summed E-state index contributed by atoms with van der Waals surface area (Å²) in [7, 11) is 0. The van der Waals surface area contributed by atoms with Crippen LogP contribution < -0.4 is 10.1 Å². The van der Waals surface area contributed by atoms with Gasteiger partial charge in [-0.1, -0.05) is 30.3 Å². The van der Waals surface area contributed by atoms with Crippen LogP contribution >= 0.6 is 0 Å². The molecule has 196 valence electrons. The summed E-state index contributed by atoms with van der Waals surface area (Å²) in [6, 6.07) is 19.4. The molecule has 2 aromatic carbocycles. The molecule has 0 radical (unpaired) electrons. The Bertz CT molecular complexity index is 1630. The summed E-state index contributed by atoms with van der Waals surface area (Å²) >= 11 is 0. The average molecular weight is 521 g/mol. The number of fused-ring (bicyclic) bond motifs is 3. The maximum atomic E-state index is 12.9. The molecule has 39 heavy (non-hydrogen) atoms. The Morgan fingerprint density at radius 1 is 1.05 bits per heavy atom. The monoisotopic (exact) mass is 520 g/mol. The molecule has 9 nitrogen and oxygen atoms in total. The molecule has 9 heteroatoms. The number of carbonyl (C=O) groups is 1. The number of ether oxygens (including phenoxy) is 2. The highest BCUT2D eigenvalue weighted by atomic mass is 16.6. The van der Waals surface area contributed by atoms with Crippen molar-refractivity contribution in [1.82, 2.24) is 24.8 Å². The first kappa shape index (κ1) is 24.4. The second kappa shape index (κ2) is 10.4. The normalized spacial score (nSPS) is 12.7. The molecule has 0 spiro atoms. The topological polar surface area (TPSA) is 105 Å². The number of hydrogen-bond acceptors (Lipinski definition) is 7. The van der Waals surface area contributed by atoms with Crippen molar-refractivity contribution in [3.8, 4) is 11.5 Å². The fraction of sp³-hybridized carbons (Fsp3) is 0.200. The van der Waals surface area contributed by atoms with E-state index in [9.17, 15) is 4.79 Å². The van der Waals surface area contributed by atoms with Crippen LogP contribution in [-0.2, 0) is 24.3 Å². The zero-order chi connectivity index (χ0) is 26.8. The van der Waals surface area contributed by atoms with E-state index < -0.39 is 0 Å². The van der Waals surface area contributed by atoms with Gasteiger partial charge in [0.25, 0.3) is 0 Å². The fourth-order valence-corrected chi connectivity index (χ4v) is 4.72. The van der Waals surface area contributed by atoms with Gasteiger partial charge in [-0.05, 0) is 55.3 Å². The second-order valence-electron chi connectivity index (χ2n) is 9.58. The molecule has 6 rings (SSSR count). The van der Waals surface area contributed by atoms with Crippen molar-refractivity contribution in [3.63, 3.8) is 0 Å². The number of nitrogens with one attached hydrogen (secondary N) is 2. The number of nitrogens with zero attached hydrogens (tertiary/aromatic N) is 4. The number of aromatic nitrogens is 4. The van der Waals surface area contributed by atoms with Crippen LogP contribution in [0.5, 0.6) is 11.5 Å². The zero-order valence-electron chi connectivity index (χ0n) is 21.8. The van der Waals surface area contributed by atoms with Crippen molar-refractivity contribution in [2.24, 2.45) is 0 Å². The van der Waals surface area contributed by atoms with Gasteiger partial charge in [-0.25, -0.2) is 14.8 Å². The van der Waals surface area contributed by atoms with Crippen molar-refractivity contribution in [2.45, 2.75) is 33.4 Å². The molecule has 2 N–H and O–H groups in total. The van der Waals surface area contributed by atoms with E-state index in [0.717, 1.165) is 50.5 Å². The number of pyridine rings is 1. The van der Waals surface area contributed by atoms with Gasteiger partial charge in [-0.3, -0.25) is 4.98 Å². The van der Waals surface area contributed by atoms with Gasteiger partial charge in [0.1, 0.15) is 35.9 Å². The Hall–Kier alpha value is -4.92. The Morgan fingerprint density at radius 3 is 2.72 bits per heavy atom. The van der Waals surface area contributed by atoms with E-state index >= 15 is 0 Å². The van der Waals surface area contributed by atoms with E-state index in [0.29, 0.717) is 31.1 Å². The standard InChI is InChI=1S/C30H28N6O3/c1-19-14-22(9-11-26(19)39-23-10-8-20(2)31-15-23)34-28-27-24-16-36(13-12-25(24)35-29(27)33-18-32-28)30(37)38-17-21-6-4-3-5-7-21/h3-11,14-15,18H,12-13,16-17H2,1-2H3,(H2,32,33,34,35). The van der Waals surface area contributed by atoms with Crippen molar-refractivity contribution in [1.29, 1.82) is 0 Å². The molecule has 0 saturated carbocycles. The van der Waals surface area contributed by atoms with Crippen molar-refractivity contribution in [2.75, 3.05) is 11.9 Å². The van der Waals surface area contributed by atoms with E-state index in [2.05, 4.69) is 25.3 Å². The van der Waals surface area contributed by atoms with Crippen LogP contribution in [0.4, 0.5) is 16.3 Å². The molecule has 0 unspecified atom stereocenters. The lowest BCUT2D eigenvalue weighted by molar-refractivity contribution is 0.0919. The third-order valence-electron chi connectivity index (χ3n) is 6.78. The Labute approximate surface area is 225 Å². The lowest BCUT2D eigenvalue weighted by atomic mass is 10.1. The number of H-pyrrole nitrogens is 1. The largest absolute Gasteiger partial charge is 0.455 e. The summed E-state index contributed by atoms with van der Waals surface area (Å²) in [6.45, 7) is 5.17. The fourth-order valence-electron chi connectivity index (χ4n) is 4.72. The molecule has 5 aromatic rings. The highest BCUT2D eigenvalue weighted by Crippen LogP contribution is 2.34. The summed E-state index contributed by atoms with van der Waals surface area (Å²) < 4.78 is 11.6. The van der Waals surface area contributed by atoms with Crippen LogP contribution in [0.3, 0.4) is 0 Å². The molecule has 1 aliphatic rings. The van der Waals surface area contributed by atoms with Crippen LogP contribution in [-0.4, -0.2) is 37.5 Å². The van der Waals surface area contributed by atoms with Gasteiger partial charge in [-0.15, -0.1) is 0 Å². The molecule has 0 saturated heterocycles. The molecule has 4 heterocycles. The third-order valence-corrected chi connectivity index (χ3v) is 6.78. The van der Waals surface area contributed by atoms with Gasteiger partial charge in [0.05, 0.1) is 18.1 Å². The highest BCUT2D eigenvalue weighted by Gasteiger charge is 2.27. The molecule has 1 aliphatic heterocycles. The summed E-state index contributed by atoms with van der Waals surface area (Å²) in [6.07, 6.45) is 3.60. The zero-order valence-corrected chi connectivity index (χ0v) is 21.8. The second-order valence-corrected chi connectivity index (χ2v) is 9.58. The van der Waals surface area contributed by atoms with Gasteiger partial charge in [-0.2, -0.15) is 0 Å². The first-order valence-corrected chi connectivity index (χ1v) is 12.8. The smallest absolute Gasteiger partial charge is 0.410 e. The van der Waals surface area contributed by atoms with Crippen LogP contribution in [0.1, 0.15) is 28.1 Å². The predicted octanol–water partition coefficient (Wildman–Crippen LogP) is 6.20. The molecule has 1 amide bonds. The summed E-state index contributed by atoms with van der Waals surface area (Å²) in [5.74, 6) is 2.11. The van der Waals surface area contributed by atoms with E-state index in [4.69, 9.17) is 9.47 Å². The number of aryl methyl sites for hydroxylation is 2. The molecular weight excluding hydrogens is 492 g/mol. The SMILES string of the molecule is Cc1ccc(Oc2ccc(Nc3ncnc4[nH]c5c(c34)CN(C(=O)OCc3ccccc3)CC5)cc2C)cn1. The summed E-state index contributed by atoms with van der Waals surface area (Å²) in [4.78, 5) is 31.3. The van der Waals surface area contributed by atoms with Crippen LogP contribution in [0.2, 0.25) is 0 Å². The Balaban J connectivity index is 1.20. The van der Waals surface area contributed by atoms with Gasteiger partial charge in [0.2, 0.25) is 0 Å². The predicted molar refractivity (Wildman–Crippen MR) is 148 cm³/mol. The first-order valence-electron chi connectivity index (χ1n) is 12.8. The number of carbonyl (C=O) groups excluding carboxylic acids is 1. The van der Waals surface area contributed by atoms with E-state index in [-0.39, 0.29) is 12.7 Å². The van der Waals surface area contributed by atoms with Gasteiger partial charge < -0.3 is 24.7 Å². The van der Waals surface area contributed by atoms with Crippen molar-refractivity contribution < 1.29 is 14.3 Å². The maximum absolute atomic E-state index is 12.9. The minimum absolute atomic E-state index is 0.242. The number of anilines is 2. The molecule has 0 bridgehead atoms. The lowest BCUT2D eigenvalue weighted by Crippen LogP contribution is -2.36. The number of rotatable bonds is 6. The molecule has 3 aromatic heterocycles. The summed E-state index contributed by atoms with van der Waals surface area (Å²) in [5, 5.41) is 4.31. The first-order chi connectivity index (χ1) is 19.0. The van der Waals surface area contributed by atoms with Gasteiger partial charge in [0.15, 0.2) is 0 Å². The molecular formula is C30H28N6O3. The van der Waals surface area contributed by atoms with E-state index in [1.807, 2.05) is 74.5 Å². The number of hydrogen-bond donors (Lipinski definition) is 2. The highest BCUT2D eigenvalue weighted by molar-refractivity contribution is 5.93. The van der Waals surface area contributed by atoms with E-state index in [1.54, 1.807) is 11.1 Å². The molecule has 0 atom stereocenters. The minimum Gasteiger partial charge on any atom is -0.455 e. The Kier molecular flexibility index (Phi) is 6.54. The number of aromatic amines is 1. The van der Waals surface area contributed by atoms with Gasteiger partial charge in [0, 0.05) is 35.6 Å². The number of benzene rings is 2. The van der Waals surface area contributed by atoms with Crippen LogP contribution in [0.15, 0.2) is 73.2 Å². The maximum Gasteiger partial charge on any atom is 0.410 e. The van der Waals surface area contributed by atoms with E-state index in [1.165, 1.54) is 6.33 Å².